The maximum atomic E-state index is 11.0. The number of rotatable bonds is 5. The predicted molar refractivity (Wildman–Crippen MR) is 61.4 cm³/mol. The smallest absolute Gasteiger partial charge is 0.317 e. The molecule has 0 amide bonds. The number of likely N-dealkylation sites (tertiary alicyclic amines) is 1. The van der Waals surface area contributed by atoms with E-state index in [4.69, 9.17) is 10.8 Å². The molecule has 2 unspecified atom stereocenters. The number of hydrogen-bond donors (Lipinski definition) is 2. The summed E-state index contributed by atoms with van der Waals surface area (Å²) >= 11 is 0. The van der Waals surface area contributed by atoms with Crippen molar-refractivity contribution in [2.24, 2.45) is 11.7 Å². The van der Waals surface area contributed by atoms with E-state index in [1.54, 1.807) is 0 Å². The Labute approximate surface area is 101 Å². The quantitative estimate of drug-likeness (QED) is 0.643. The zero-order valence-electron chi connectivity index (χ0n) is 10.1. The Morgan fingerprint density at radius 3 is 2.76 bits per heavy atom. The average molecular weight is 244 g/mol. The molecule has 0 radical (unpaired) electrons. The Morgan fingerprint density at radius 1 is 1.47 bits per heavy atom. The van der Waals surface area contributed by atoms with Crippen molar-refractivity contribution in [3.05, 3.63) is 0 Å². The van der Waals surface area contributed by atoms with Crippen molar-refractivity contribution in [1.82, 2.24) is 4.90 Å². The molecule has 1 saturated heterocycles. The highest BCUT2D eigenvalue weighted by atomic mass is 16.5. The first kappa shape index (κ1) is 13.9. The number of hydrogen-bond acceptors (Lipinski definition) is 5. The van der Waals surface area contributed by atoms with E-state index in [-0.39, 0.29) is 24.5 Å². The SMILES string of the molecule is COC(=O)CCC1CC(N)CN(CC(=O)O)C1. The minimum Gasteiger partial charge on any atom is -0.480 e. The van der Waals surface area contributed by atoms with Gasteiger partial charge in [-0.15, -0.1) is 0 Å². The van der Waals surface area contributed by atoms with E-state index in [2.05, 4.69) is 4.74 Å². The van der Waals surface area contributed by atoms with Crippen molar-refractivity contribution in [3.63, 3.8) is 0 Å². The Kier molecular flexibility index (Phi) is 5.37. The summed E-state index contributed by atoms with van der Waals surface area (Å²) in [6.45, 7) is 1.32. The molecule has 1 heterocycles. The Bertz CT molecular complexity index is 283. The zero-order valence-corrected chi connectivity index (χ0v) is 10.1. The minimum absolute atomic E-state index is 0.00857. The van der Waals surface area contributed by atoms with Crippen molar-refractivity contribution < 1.29 is 19.4 Å². The zero-order chi connectivity index (χ0) is 12.8. The molecule has 0 bridgehead atoms. The summed E-state index contributed by atoms with van der Waals surface area (Å²) in [5.41, 5.74) is 5.88. The van der Waals surface area contributed by atoms with Crippen LogP contribution in [0, 0.1) is 5.92 Å². The van der Waals surface area contributed by atoms with E-state index in [0.717, 1.165) is 6.42 Å². The summed E-state index contributed by atoms with van der Waals surface area (Å²) in [5.74, 6) is -0.794. The first-order valence-electron chi connectivity index (χ1n) is 5.77. The van der Waals surface area contributed by atoms with Crippen LogP contribution < -0.4 is 5.73 Å². The fourth-order valence-electron chi connectivity index (χ4n) is 2.30. The fraction of sp³-hybridized carbons (Fsp3) is 0.818. The number of carboxylic acid groups (broad SMARTS) is 1. The van der Waals surface area contributed by atoms with Gasteiger partial charge in [-0.2, -0.15) is 0 Å². The van der Waals surface area contributed by atoms with Gasteiger partial charge in [0.1, 0.15) is 0 Å². The summed E-state index contributed by atoms with van der Waals surface area (Å²) in [5, 5.41) is 8.74. The second-order valence-electron chi connectivity index (χ2n) is 4.56. The van der Waals surface area contributed by atoms with E-state index in [1.807, 2.05) is 4.90 Å². The molecule has 1 aliphatic rings. The molecule has 0 aromatic heterocycles. The Morgan fingerprint density at radius 2 is 2.18 bits per heavy atom. The molecule has 0 aromatic rings. The van der Waals surface area contributed by atoms with E-state index in [0.29, 0.717) is 25.9 Å². The lowest BCUT2D eigenvalue weighted by Gasteiger charge is -2.35. The highest BCUT2D eigenvalue weighted by Gasteiger charge is 2.26. The van der Waals surface area contributed by atoms with Gasteiger partial charge >= 0.3 is 11.9 Å². The lowest BCUT2D eigenvalue weighted by Crippen LogP contribution is -2.48. The lowest BCUT2D eigenvalue weighted by molar-refractivity contribution is -0.142. The number of nitrogens with two attached hydrogens (primary N) is 1. The number of ether oxygens (including phenoxy) is 1. The third kappa shape index (κ3) is 5.14. The Hall–Kier alpha value is -1.14. The molecule has 98 valence electrons. The van der Waals surface area contributed by atoms with Crippen molar-refractivity contribution in [1.29, 1.82) is 0 Å². The monoisotopic (exact) mass is 244 g/mol. The lowest BCUT2D eigenvalue weighted by atomic mass is 9.91. The van der Waals surface area contributed by atoms with Gasteiger partial charge in [-0.05, 0) is 18.8 Å². The van der Waals surface area contributed by atoms with E-state index < -0.39 is 5.97 Å². The van der Waals surface area contributed by atoms with Gasteiger partial charge in [-0.3, -0.25) is 14.5 Å². The highest BCUT2D eigenvalue weighted by molar-refractivity contribution is 5.69. The van der Waals surface area contributed by atoms with Crippen molar-refractivity contribution in [2.75, 3.05) is 26.7 Å². The van der Waals surface area contributed by atoms with Crippen LogP contribution in [0.3, 0.4) is 0 Å². The molecule has 1 aliphatic heterocycles. The number of piperidine rings is 1. The molecule has 3 N–H and O–H groups in total. The van der Waals surface area contributed by atoms with Gasteiger partial charge in [-0.25, -0.2) is 0 Å². The summed E-state index contributed by atoms with van der Waals surface area (Å²) < 4.78 is 4.58. The van der Waals surface area contributed by atoms with Gasteiger partial charge in [-0.1, -0.05) is 0 Å². The summed E-state index contributed by atoms with van der Waals surface area (Å²) in [6.07, 6.45) is 1.92. The molecular formula is C11H20N2O4. The second kappa shape index (κ2) is 6.56. The van der Waals surface area contributed by atoms with Crippen LogP contribution in [0.4, 0.5) is 0 Å². The van der Waals surface area contributed by atoms with Crippen LogP contribution in [0.25, 0.3) is 0 Å². The summed E-state index contributed by atoms with van der Waals surface area (Å²) in [6, 6.07) is -0.00857. The predicted octanol–water partition coefficient (Wildman–Crippen LogP) is -0.327. The van der Waals surface area contributed by atoms with Crippen LogP contribution in [0.1, 0.15) is 19.3 Å². The molecule has 2 atom stereocenters. The van der Waals surface area contributed by atoms with Gasteiger partial charge in [0.05, 0.1) is 13.7 Å². The number of methoxy groups -OCH3 is 1. The molecule has 1 rings (SSSR count). The van der Waals surface area contributed by atoms with Crippen molar-refractivity contribution >= 4 is 11.9 Å². The van der Waals surface area contributed by atoms with Crippen LogP contribution in [0.2, 0.25) is 0 Å². The molecule has 17 heavy (non-hydrogen) atoms. The maximum absolute atomic E-state index is 11.0. The molecule has 1 fully saturated rings. The Balaban J connectivity index is 2.39. The molecule has 0 spiro atoms. The summed E-state index contributed by atoms with van der Waals surface area (Å²) in [4.78, 5) is 23.5. The normalized spacial score (nSPS) is 25.5. The molecule has 0 saturated carbocycles. The van der Waals surface area contributed by atoms with Crippen molar-refractivity contribution in [3.8, 4) is 0 Å². The standard InChI is InChI=1S/C11H20N2O4/c1-17-11(16)3-2-8-4-9(12)6-13(5-8)7-10(14)15/h8-9H,2-7,12H2,1H3,(H,14,15). The topological polar surface area (TPSA) is 92.9 Å². The second-order valence-corrected chi connectivity index (χ2v) is 4.56. The number of carboxylic acids is 1. The largest absolute Gasteiger partial charge is 0.480 e. The average Bonchev–Trinajstić information content (AvgIpc) is 2.24. The third-order valence-electron chi connectivity index (χ3n) is 2.99. The van der Waals surface area contributed by atoms with Gasteiger partial charge in [0.2, 0.25) is 0 Å². The summed E-state index contributed by atoms with van der Waals surface area (Å²) in [7, 11) is 1.37. The highest BCUT2D eigenvalue weighted by Crippen LogP contribution is 2.20. The molecule has 6 nitrogen and oxygen atoms in total. The van der Waals surface area contributed by atoms with Crippen LogP contribution in [0.5, 0.6) is 0 Å². The molecular weight excluding hydrogens is 224 g/mol. The number of nitrogens with zero attached hydrogens (tertiary/aromatic N) is 1. The first-order valence-corrected chi connectivity index (χ1v) is 5.77. The van der Waals surface area contributed by atoms with E-state index in [9.17, 15) is 9.59 Å². The molecule has 6 heteroatoms. The van der Waals surface area contributed by atoms with Gasteiger partial charge in [0, 0.05) is 25.6 Å². The van der Waals surface area contributed by atoms with Gasteiger partial charge in [0.25, 0.3) is 0 Å². The van der Waals surface area contributed by atoms with Crippen LogP contribution in [-0.4, -0.2) is 54.7 Å². The van der Waals surface area contributed by atoms with Crippen LogP contribution in [-0.2, 0) is 14.3 Å². The number of carbonyl (C=O) groups is 2. The van der Waals surface area contributed by atoms with Gasteiger partial charge < -0.3 is 15.6 Å². The fourth-order valence-corrected chi connectivity index (χ4v) is 2.30. The van der Waals surface area contributed by atoms with Crippen LogP contribution >= 0.6 is 0 Å². The number of carbonyl (C=O) groups excluding carboxylic acids is 1. The van der Waals surface area contributed by atoms with E-state index >= 15 is 0 Å². The molecule has 0 aromatic carbocycles. The van der Waals surface area contributed by atoms with Crippen LogP contribution in [0.15, 0.2) is 0 Å². The first-order chi connectivity index (χ1) is 8.01. The molecule has 0 aliphatic carbocycles. The van der Waals surface area contributed by atoms with Gasteiger partial charge in [0.15, 0.2) is 0 Å². The maximum Gasteiger partial charge on any atom is 0.317 e. The third-order valence-corrected chi connectivity index (χ3v) is 2.99. The van der Waals surface area contributed by atoms with E-state index in [1.165, 1.54) is 7.11 Å². The van der Waals surface area contributed by atoms with Crippen molar-refractivity contribution in [2.45, 2.75) is 25.3 Å². The number of esters is 1. The number of aliphatic carboxylic acids is 1. The minimum atomic E-state index is -0.842.